The van der Waals surface area contributed by atoms with Crippen LogP contribution in [0.5, 0.6) is 0 Å². The van der Waals surface area contributed by atoms with Crippen molar-refractivity contribution in [2.75, 3.05) is 13.1 Å². The van der Waals surface area contributed by atoms with Gasteiger partial charge in [0, 0.05) is 31.4 Å². The molecule has 0 unspecified atom stereocenters. The van der Waals surface area contributed by atoms with Gasteiger partial charge in [-0.25, -0.2) is 0 Å². The number of rotatable bonds is 7. The Morgan fingerprint density at radius 1 is 0.750 bits per heavy atom. The topological polar surface area (TPSA) is 58.2 Å². The lowest BCUT2D eigenvalue weighted by Crippen LogP contribution is -2.27. The molecule has 0 radical (unpaired) electrons. The third-order valence-corrected chi connectivity index (χ3v) is 4.69. The molecule has 0 aliphatic rings. The smallest absolute Gasteiger partial charge is 0.251 e. The maximum Gasteiger partial charge on any atom is 0.251 e. The van der Waals surface area contributed by atoms with Gasteiger partial charge in [0.2, 0.25) is 0 Å². The van der Waals surface area contributed by atoms with Crippen molar-refractivity contribution in [3.63, 3.8) is 0 Å². The Morgan fingerprint density at radius 2 is 1.17 bits per heavy atom. The second-order valence-corrected chi connectivity index (χ2v) is 7.73. The molecule has 4 nitrogen and oxygen atoms in total. The van der Waals surface area contributed by atoms with Gasteiger partial charge >= 0.3 is 0 Å². The molecule has 2 amide bonds. The zero-order chi connectivity index (χ0) is 17.4. The summed E-state index contributed by atoms with van der Waals surface area (Å²) in [5.41, 5.74) is 1.35. The molecule has 0 heterocycles. The predicted octanol–water partition coefficient (Wildman–Crippen LogP) is 3.84. The molecule has 0 bridgehead atoms. The van der Waals surface area contributed by atoms with Crippen molar-refractivity contribution in [3.8, 4) is 0 Å². The van der Waals surface area contributed by atoms with E-state index in [-0.39, 0.29) is 11.8 Å². The lowest BCUT2D eigenvalue weighted by atomic mass is 10.2. The highest BCUT2D eigenvalue weighted by atomic mass is 127. The number of carbonyl (C=O) groups excluding carboxylic acids is 2. The Kier molecular flexibility index (Phi) is 7.97. The summed E-state index contributed by atoms with van der Waals surface area (Å²) in [6, 6.07) is 15.0. The number of hydrogen-bond donors (Lipinski definition) is 2. The normalized spacial score (nSPS) is 10.2. The fourth-order valence-corrected chi connectivity index (χ4v) is 3.20. The number of amides is 2. The molecule has 2 rings (SSSR count). The van der Waals surface area contributed by atoms with E-state index >= 15 is 0 Å². The first-order valence-electron chi connectivity index (χ1n) is 7.64. The average molecular weight is 548 g/mol. The first-order chi connectivity index (χ1) is 11.6. The van der Waals surface area contributed by atoms with Gasteiger partial charge in [0.1, 0.15) is 0 Å². The van der Waals surface area contributed by atoms with Crippen molar-refractivity contribution in [2.24, 2.45) is 0 Å². The van der Waals surface area contributed by atoms with E-state index in [0.717, 1.165) is 20.0 Å². The molecule has 2 aromatic carbocycles. The lowest BCUT2D eigenvalue weighted by molar-refractivity contribution is 0.0939. The fraction of sp³-hybridized carbons (Fsp3) is 0.222. The lowest BCUT2D eigenvalue weighted by Gasteiger charge is -2.07. The van der Waals surface area contributed by atoms with Crippen LogP contribution in [0.1, 0.15) is 33.6 Å². The van der Waals surface area contributed by atoms with Gasteiger partial charge in [-0.05, 0) is 94.4 Å². The Hall–Kier alpha value is -1.16. The molecular weight excluding hydrogens is 530 g/mol. The summed E-state index contributed by atoms with van der Waals surface area (Å²) < 4.78 is 2.08. The molecule has 0 saturated heterocycles. The highest BCUT2D eigenvalue weighted by Gasteiger charge is 2.06. The van der Waals surface area contributed by atoms with Crippen LogP contribution in [0.15, 0.2) is 48.5 Å². The van der Waals surface area contributed by atoms with E-state index < -0.39 is 0 Å². The summed E-state index contributed by atoms with van der Waals surface area (Å²) in [4.78, 5) is 23.9. The maximum atomic E-state index is 12.0. The number of benzene rings is 2. The van der Waals surface area contributed by atoms with Gasteiger partial charge in [0.15, 0.2) is 0 Å². The summed E-state index contributed by atoms with van der Waals surface area (Å²) in [5.74, 6) is -0.118. The fourth-order valence-electron chi connectivity index (χ4n) is 2.12. The van der Waals surface area contributed by atoms with Gasteiger partial charge in [0.05, 0.1) is 0 Å². The Bertz CT molecular complexity index is 658. The minimum atomic E-state index is -0.0589. The van der Waals surface area contributed by atoms with Crippen molar-refractivity contribution >= 4 is 57.0 Å². The van der Waals surface area contributed by atoms with Crippen molar-refractivity contribution < 1.29 is 9.59 Å². The van der Waals surface area contributed by atoms with Crippen LogP contribution in [0.2, 0.25) is 0 Å². The first kappa shape index (κ1) is 19.2. The zero-order valence-electron chi connectivity index (χ0n) is 13.0. The van der Waals surface area contributed by atoms with Gasteiger partial charge in [-0.1, -0.05) is 12.1 Å². The van der Waals surface area contributed by atoms with Crippen LogP contribution in [-0.2, 0) is 0 Å². The van der Waals surface area contributed by atoms with Gasteiger partial charge < -0.3 is 10.6 Å². The van der Waals surface area contributed by atoms with E-state index in [1.165, 1.54) is 0 Å². The van der Waals surface area contributed by atoms with Gasteiger partial charge in [0.25, 0.3) is 11.8 Å². The maximum absolute atomic E-state index is 12.0. The molecule has 126 valence electrons. The third-order valence-electron chi connectivity index (χ3n) is 3.35. The first-order valence-corrected chi connectivity index (χ1v) is 9.79. The number of hydrogen-bond acceptors (Lipinski definition) is 2. The molecule has 0 saturated carbocycles. The minimum absolute atomic E-state index is 0.0589. The van der Waals surface area contributed by atoms with Gasteiger partial charge in [-0.2, -0.15) is 0 Å². The molecule has 2 aromatic rings. The molecule has 0 fully saturated rings. The monoisotopic (exact) mass is 548 g/mol. The highest BCUT2D eigenvalue weighted by molar-refractivity contribution is 14.1. The molecular formula is C18H18I2N2O2. The van der Waals surface area contributed by atoms with Crippen LogP contribution in [-0.4, -0.2) is 24.9 Å². The molecule has 0 aliphatic carbocycles. The van der Waals surface area contributed by atoms with E-state index in [2.05, 4.69) is 55.8 Å². The van der Waals surface area contributed by atoms with Gasteiger partial charge in [-0.3, -0.25) is 9.59 Å². The Balaban J connectivity index is 1.63. The van der Waals surface area contributed by atoms with Crippen LogP contribution >= 0.6 is 45.2 Å². The van der Waals surface area contributed by atoms with E-state index in [4.69, 9.17) is 0 Å². The van der Waals surface area contributed by atoms with E-state index in [0.29, 0.717) is 24.2 Å². The third kappa shape index (κ3) is 6.39. The molecule has 2 N–H and O–H groups in total. The molecule has 0 atom stereocenters. The van der Waals surface area contributed by atoms with Crippen LogP contribution in [0, 0.1) is 7.14 Å². The standard InChI is InChI=1S/C18H18I2N2O2/c19-15-7-3-5-13(11-15)17(23)21-9-1-2-10-22-18(24)14-6-4-8-16(20)12-14/h3-8,11-12H,1-2,9-10H2,(H,21,23)(H,22,24). The SMILES string of the molecule is O=C(NCCCCNC(=O)c1cccc(I)c1)c1cccc(I)c1. The van der Waals surface area contributed by atoms with Crippen molar-refractivity contribution in [3.05, 3.63) is 66.8 Å². The molecule has 0 spiro atoms. The van der Waals surface area contributed by atoms with Crippen molar-refractivity contribution in [2.45, 2.75) is 12.8 Å². The van der Waals surface area contributed by atoms with E-state index in [1.54, 1.807) is 12.1 Å². The molecule has 24 heavy (non-hydrogen) atoms. The summed E-state index contributed by atoms with van der Waals surface area (Å²) in [6.45, 7) is 1.20. The number of halogens is 2. The predicted molar refractivity (Wildman–Crippen MR) is 112 cm³/mol. The Morgan fingerprint density at radius 3 is 1.54 bits per heavy atom. The zero-order valence-corrected chi connectivity index (χ0v) is 17.3. The molecule has 0 aromatic heterocycles. The number of nitrogens with one attached hydrogen (secondary N) is 2. The van der Waals surface area contributed by atoms with Gasteiger partial charge in [-0.15, -0.1) is 0 Å². The van der Waals surface area contributed by atoms with Crippen LogP contribution in [0.3, 0.4) is 0 Å². The average Bonchev–Trinajstić information content (AvgIpc) is 2.57. The second-order valence-electron chi connectivity index (χ2n) is 5.24. The molecule has 6 heteroatoms. The largest absolute Gasteiger partial charge is 0.352 e. The summed E-state index contributed by atoms with van der Waals surface area (Å²) in [7, 11) is 0. The van der Waals surface area contributed by atoms with Crippen molar-refractivity contribution in [1.29, 1.82) is 0 Å². The summed E-state index contributed by atoms with van der Waals surface area (Å²) >= 11 is 4.37. The van der Waals surface area contributed by atoms with Crippen molar-refractivity contribution in [1.82, 2.24) is 10.6 Å². The van der Waals surface area contributed by atoms with E-state index in [9.17, 15) is 9.59 Å². The summed E-state index contributed by atoms with van der Waals surface area (Å²) in [6.07, 6.45) is 1.64. The Labute approximate surface area is 169 Å². The van der Waals surface area contributed by atoms with Crippen LogP contribution in [0.4, 0.5) is 0 Å². The van der Waals surface area contributed by atoms with Crippen LogP contribution < -0.4 is 10.6 Å². The van der Waals surface area contributed by atoms with Crippen LogP contribution in [0.25, 0.3) is 0 Å². The quantitative estimate of drug-likeness (QED) is 0.409. The molecule has 0 aliphatic heterocycles. The second kappa shape index (κ2) is 9.97. The summed E-state index contributed by atoms with van der Waals surface area (Å²) in [5, 5.41) is 5.79. The highest BCUT2D eigenvalue weighted by Crippen LogP contribution is 2.08. The number of unbranched alkanes of at least 4 members (excludes halogenated alkanes) is 1. The number of carbonyl (C=O) groups is 2. The van der Waals surface area contributed by atoms with E-state index in [1.807, 2.05) is 36.4 Å². The minimum Gasteiger partial charge on any atom is -0.352 e.